The molecule has 0 aliphatic heterocycles. The quantitative estimate of drug-likeness (QED) is 0.683. The third-order valence-corrected chi connectivity index (χ3v) is 4.46. The number of benzene rings is 2. The van der Waals surface area contributed by atoms with Crippen molar-refractivity contribution >= 4 is 34.5 Å². The van der Waals surface area contributed by atoms with Crippen LogP contribution in [-0.2, 0) is 4.79 Å². The van der Waals surface area contributed by atoms with Gasteiger partial charge in [0.1, 0.15) is 0 Å². The zero-order chi connectivity index (χ0) is 17.4. The number of fused-ring (bicyclic) bond motifs is 1. The summed E-state index contributed by atoms with van der Waals surface area (Å²) in [5, 5.41) is 5.62. The lowest BCUT2D eigenvalue weighted by Gasteiger charge is -2.07. The van der Waals surface area contributed by atoms with Gasteiger partial charge in [0, 0.05) is 17.2 Å². The van der Waals surface area contributed by atoms with Crippen LogP contribution in [0.2, 0.25) is 0 Å². The summed E-state index contributed by atoms with van der Waals surface area (Å²) in [6, 6.07) is 14.5. The molecule has 126 valence electrons. The number of para-hydroxylation sites is 2. The molecule has 25 heavy (non-hydrogen) atoms. The fraction of sp³-hybridized carbons (Fsp3) is 0.211. The summed E-state index contributed by atoms with van der Waals surface area (Å²) in [5.74, 6) is 0.664. The van der Waals surface area contributed by atoms with Crippen LogP contribution in [0.15, 0.2) is 48.5 Å². The van der Waals surface area contributed by atoms with Crippen molar-refractivity contribution in [2.45, 2.75) is 13.3 Å². The number of hydrogen-bond acceptors (Lipinski definition) is 3. The van der Waals surface area contributed by atoms with E-state index in [4.69, 9.17) is 0 Å². The van der Waals surface area contributed by atoms with Crippen molar-refractivity contribution in [2.75, 3.05) is 10.6 Å². The number of aromatic nitrogens is 2. The lowest BCUT2D eigenvalue weighted by atomic mass is 10.2. The Kier molecular flexibility index (Phi) is 3.72. The van der Waals surface area contributed by atoms with E-state index in [0.717, 1.165) is 17.5 Å². The molecule has 1 aliphatic carbocycles. The number of carbonyl (C=O) groups excluding carboxylic acids is 2. The molecule has 1 aromatic heterocycles. The van der Waals surface area contributed by atoms with Crippen molar-refractivity contribution in [3.8, 4) is 0 Å². The molecule has 0 radical (unpaired) electrons. The molecule has 3 N–H and O–H groups in total. The molecule has 2 amide bonds. The van der Waals surface area contributed by atoms with Crippen LogP contribution in [0, 0.1) is 11.8 Å². The van der Waals surface area contributed by atoms with Gasteiger partial charge in [0.15, 0.2) is 0 Å². The molecule has 0 spiro atoms. The standard InChI is InChI=1S/C19H18N4O2/c1-11-9-14(11)18(25)20-13-6-4-5-12(10-13)17(24)23-19-21-15-7-2-3-8-16(15)22-19/h2-8,10-11,14H,9H2,1H3,(H,20,25)(H2,21,22,23,24). The van der Waals surface area contributed by atoms with Crippen LogP contribution in [0.1, 0.15) is 23.7 Å². The van der Waals surface area contributed by atoms with Gasteiger partial charge >= 0.3 is 0 Å². The van der Waals surface area contributed by atoms with Crippen LogP contribution < -0.4 is 10.6 Å². The van der Waals surface area contributed by atoms with E-state index >= 15 is 0 Å². The van der Waals surface area contributed by atoms with Crippen molar-refractivity contribution in [1.29, 1.82) is 0 Å². The normalized spacial score (nSPS) is 18.8. The minimum absolute atomic E-state index is 0.0161. The molecule has 6 nitrogen and oxygen atoms in total. The second-order valence-electron chi connectivity index (χ2n) is 6.45. The van der Waals surface area contributed by atoms with E-state index in [1.54, 1.807) is 24.3 Å². The molecule has 2 atom stereocenters. The SMILES string of the molecule is CC1CC1C(=O)Nc1cccc(C(=O)Nc2nc3ccccc3[nH]2)c1. The summed E-state index contributed by atoms with van der Waals surface area (Å²) in [7, 11) is 0. The van der Waals surface area contributed by atoms with E-state index in [1.807, 2.05) is 24.3 Å². The fourth-order valence-electron chi connectivity index (χ4n) is 2.85. The minimum atomic E-state index is -0.282. The van der Waals surface area contributed by atoms with Gasteiger partial charge in [0.25, 0.3) is 5.91 Å². The van der Waals surface area contributed by atoms with Crippen LogP contribution in [-0.4, -0.2) is 21.8 Å². The highest BCUT2D eigenvalue weighted by atomic mass is 16.2. The van der Waals surface area contributed by atoms with Crippen molar-refractivity contribution in [2.24, 2.45) is 11.8 Å². The van der Waals surface area contributed by atoms with Gasteiger partial charge in [-0.3, -0.25) is 14.9 Å². The molecule has 2 unspecified atom stereocenters. The van der Waals surface area contributed by atoms with E-state index in [9.17, 15) is 9.59 Å². The zero-order valence-corrected chi connectivity index (χ0v) is 13.7. The van der Waals surface area contributed by atoms with E-state index in [1.165, 1.54) is 0 Å². The molecule has 0 saturated heterocycles. The van der Waals surface area contributed by atoms with Gasteiger partial charge in [-0.05, 0) is 42.7 Å². The maximum atomic E-state index is 12.4. The molecule has 1 heterocycles. The number of hydrogen-bond donors (Lipinski definition) is 3. The molecule has 1 fully saturated rings. The molecule has 1 aliphatic rings. The first-order valence-electron chi connectivity index (χ1n) is 8.27. The second kappa shape index (κ2) is 6.05. The van der Waals surface area contributed by atoms with Crippen molar-refractivity contribution in [3.05, 3.63) is 54.1 Å². The van der Waals surface area contributed by atoms with Crippen LogP contribution >= 0.6 is 0 Å². The van der Waals surface area contributed by atoms with Crippen LogP contribution in [0.25, 0.3) is 11.0 Å². The van der Waals surface area contributed by atoms with Crippen molar-refractivity contribution < 1.29 is 9.59 Å². The first-order valence-corrected chi connectivity index (χ1v) is 8.27. The number of rotatable bonds is 4. The highest BCUT2D eigenvalue weighted by Gasteiger charge is 2.39. The van der Waals surface area contributed by atoms with Gasteiger partial charge in [-0.15, -0.1) is 0 Å². The topological polar surface area (TPSA) is 86.9 Å². The average molecular weight is 334 g/mol. The average Bonchev–Trinajstić information content (AvgIpc) is 3.20. The minimum Gasteiger partial charge on any atom is -0.326 e. The van der Waals surface area contributed by atoms with E-state index in [0.29, 0.717) is 23.1 Å². The number of carbonyl (C=O) groups is 2. The van der Waals surface area contributed by atoms with Gasteiger partial charge in [0.05, 0.1) is 11.0 Å². The summed E-state index contributed by atoms with van der Waals surface area (Å²) >= 11 is 0. The monoisotopic (exact) mass is 334 g/mol. The third kappa shape index (κ3) is 3.24. The highest BCUT2D eigenvalue weighted by molar-refractivity contribution is 6.05. The zero-order valence-electron chi connectivity index (χ0n) is 13.7. The molecule has 3 aromatic rings. The second-order valence-corrected chi connectivity index (χ2v) is 6.45. The number of amides is 2. The van der Waals surface area contributed by atoms with Gasteiger partial charge in [-0.1, -0.05) is 25.1 Å². The first-order chi connectivity index (χ1) is 12.1. The number of imidazole rings is 1. The van der Waals surface area contributed by atoms with E-state index in [-0.39, 0.29) is 17.7 Å². The van der Waals surface area contributed by atoms with Gasteiger partial charge in [-0.2, -0.15) is 0 Å². The molecule has 6 heteroatoms. The number of nitrogens with one attached hydrogen (secondary N) is 3. The van der Waals surface area contributed by atoms with Crippen molar-refractivity contribution in [3.63, 3.8) is 0 Å². The third-order valence-electron chi connectivity index (χ3n) is 4.46. The Balaban J connectivity index is 1.48. The van der Waals surface area contributed by atoms with Crippen LogP contribution in [0.3, 0.4) is 0 Å². The van der Waals surface area contributed by atoms with E-state index in [2.05, 4.69) is 27.5 Å². The van der Waals surface area contributed by atoms with Crippen molar-refractivity contribution in [1.82, 2.24) is 9.97 Å². The highest BCUT2D eigenvalue weighted by Crippen LogP contribution is 2.38. The molecule has 4 rings (SSSR count). The Morgan fingerprint density at radius 1 is 1.12 bits per heavy atom. The Bertz CT molecular complexity index is 930. The maximum Gasteiger partial charge on any atom is 0.258 e. The lowest BCUT2D eigenvalue weighted by molar-refractivity contribution is -0.117. The summed E-state index contributed by atoms with van der Waals surface area (Å²) in [6.45, 7) is 2.06. The summed E-state index contributed by atoms with van der Waals surface area (Å²) in [5.41, 5.74) is 2.73. The smallest absolute Gasteiger partial charge is 0.258 e. The van der Waals surface area contributed by atoms with Crippen LogP contribution in [0.4, 0.5) is 11.6 Å². The van der Waals surface area contributed by atoms with Gasteiger partial charge in [0.2, 0.25) is 11.9 Å². The molecule has 1 saturated carbocycles. The van der Waals surface area contributed by atoms with Gasteiger partial charge in [-0.25, -0.2) is 4.98 Å². The summed E-state index contributed by atoms with van der Waals surface area (Å²) < 4.78 is 0. The Hall–Kier alpha value is -3.15. The Morgan fingerprint density at radius 2 is 1.92 bits per heavy atom. The molecule has 0 bridgehead atoms. The number of H-pyrrole nitrogens is 1. The maximum absolute atomic E-state index is 12.4. The molecule has 2 aromatic carbocycles. The summed E-state index contributed by atoms with van der Waals surface area (Å²) in [4.78, 5) is 31.9. The Morgan fingerprint density at radius 3 is 2.68 bits per heavy atom. The van der Waals surface area contributed by atoms with Gasteiger partial charge < -0.3 is 10.3 Å². The molecular weight excluding hydrogens is 316 g/mol. The largest absolute Gasteiger partial charge is 0.326 e. The fourth-order valence-corrected chi connectivity index (χ4v) is 2.85. The predicted molar refractivity (Wildman–Crippen MR) is 96.4 cm³/mol. The lowest BCUT2D eigenvalue weighted by Crippen LogP contribution is -2.16. The number of anilines is 2. The number of nitrogens with zero attached hydrogens (tertiary/aromatic N) is 1. The number of aromatic amines is 1. The Labute approximate surface area is 144 Å². The summed E-state index contributed by atoms with van der Waals surface area (Å²) in [6.07, 6.45) is 0.929. The first kappa shape index (κ1) is 15.4. The molecular formula is C19H18N4O2. The van der Waals surface area contributed by atoms with E-state index < -0.39 is 0 Å². The predicted octanol–water partition coefficient (Wildman–Crippen LogP) is 3.41. The van der Waals surface area contributed by atoms with Crippen LogP contribution in [0.5, 0.6) is 0 Å².